The lowest BCUT2D eigenvalue weighted by atomic mass is 9.88. The second kappa shape index (κ2) is 4.95. The van der Waals surface area contributed by atoms with Gasteiger partial charge < -0.3 is 5.32 Å². The molecule has 3 rings (SSSR count). The molecule has 0 saturated carbocycles. The minimum atomic E-state index is -0.430. The molecular weight excluding hydrogens is 272 g/mol. The van der Waals surface area contributed by atoms with Crippen molar-refractivity contribution < 1.29 is 4.79 Å². The van der Waals surface area contributed by atoms with Crippen molar-refractivity contribution in [2.45, 2.75) is 66.1 Å². The van der Waals surface area contributed by atoms with E-state index in [0.29, 0.717) is 0 Å². The highest BCUT2D eigenvalue weighted by molar-refractivity contribution is 5.88. The van der Waals surface area contributed by atoms with Gasteiger partial charge in [0.05, 0.1) is 5.54 Å². The van der Waals surface area contributed by atoms with E-state index in [1.807, 2.05) is 0 Å². The Morgan fingerprint density at radius 2 is 1.50 bits per heavy atom. The van der Waals surface area contributed by atoms with Crippen molar-refractivity contribution in [2.75, 3.05) is 0 Å². The molecule has 2 heterocycles. The normalized spacial score (nSPS) is 25.3. The summed E-state index contributed by atoms with van der Waals surface area (Å²) in [5.41, 5.74) is 8.85. The van der Waals surface area contributed by atoms with Crippen molar-refractivity contribution in [3.63, 3.8) is 0 Å². The molecule has 1 unspecified atom stereocenters. The van der Waals surface area contributed by atoms with Crippen LogP contribution in [0.15, 0.2) is 12.3 Å². The molecule has 1 aromatic rings. The molecule has 1 fully saturated rings. The molecule has 0 bridgehead atoms. The van der Waals surface area contributed by atoms with Crippen molar-refractivity contribution in [1.29, 1.82) is 0 Å². The fraction of sp³-hybridized carbons (Fsp3) is 0.526. The SMILES string of the molecule is C=C1CCC(C)(N2Cc3c(C)c(C)c(C)c(C)c3C2)C(=O)N1. The van der Waals surface area contributed by atoms with Crippen molar-refractivity contribution >= 4 is 5.91 Å². The number of hydrogen-bond acceptors (Lipinski definition) is 2. The molecule has 0 spiro atoms. The van der Waals surface area contributed by atoms with E-state index in [0.717, 1.165) is 31.6 Å². The van der Waals surface area contributed by atoms with Crippen molar-refractivity contribution in [3.8, 4) is 0 Å². The highest BCUT2D eigenvalue weighted by Crippen LogP contribution is 2.39. The zero-order valence-corrected chi connectivity index (χ0v) is 14.4. The van der Waals surface area contributed by atoms with Gasteiger partial charge in [0.25, 0.3) is 0 Å². The number of carbonyl (C=O) groups excluding carboxylic acids is 1. The smallest absolute Gasteiger partial charge is 0.244 e. The molecule has 0 aromatic heterocycles. The molecule has 3 nitrogen and oxygen atoms in total. The predicted octanol–water partition coefficient (Wildman–Crippen LogP) is 3.42. The summed E-state index contributed by atoms with van der Waals surface area (Å²) in [6.45, 7) is 16.6. The third-order valence-corrected chi connectivity index (χ3v) is 6.05. The van der Waals surface area contributed by atoms with E-state index in [4.69, 9.17) is 0 Å². The van der Waals surface area contributed by atoms with E-state index in [-0.39, 0.29) is 5.91 Å². The number of hydrogen-bond donors (Lipinski definition) is 1. The summed E-state index contributed by atoms with van der Waals surface area (Å²) in [6.07, 6.45) is 1.72. The van der Waals surface area contributed by atoms with E-state index in [9.17, 15) is 4.79 Å². The van der Waals surface area contributed by atoms with Gasteiger partial charge in [-0.3, -0.25) is 9.69 Å². The highest BCUT2D eigenvalue weighted by Gasteiger charge is 2.44. The van der Waals surface area contributed by atoms with Crippen LogP contribution in [0.5, 0.6) is 0 Å². The van der Waals surface area contributed by atoms with Crippen LogP contribution in [0, 0.1) is 27.7 Å². The number of benzene rings is 1. The van der Waals surface area contributed by atoms with Crippen LogP contribution < -0.4 is 5.32 Å². The zero-order chi connectivity index (χ0) is 16.2. The zero-order valence-electron chi connectivity index (χ0n) is 14.4. The van der Waals surface area contributed by atoms with E-state index < -0.39 is 5.54 Å². The molecule has 3 heteroatoms. The number of rotatable bonds is 1. The summed E-state index contributed by atoms with van der Waals surface area (Å²) in [5.74, 6) is 0.0975. The monoisotopic (exact) mass is 298 g/mol. The summed E-state index contributed by atoms with van der Waals surface area (Å²) in [5, 5.41) is 2.95. The summed E-state index contributed by atoms with van der Waals surface area (Å²) >= 11 is 0. The van der Waals surface area contributed by atoms with E-state index in [1.54, 1.807) is 0 Å². The molecule has 118 valence electrons. The summed E-state index contributed by atoms with van der Waals surface area (Å²) in [4.78, 5) is 14.9. The topological polar surface area (TPSA) is 32.3 Å². The Kier molecular flexibility index (Phi) is 3.44. The number of carbonyl (C=O) groups is 1. The lowest BCUT2D eigenvalue weighted by molar-refractivity contribution is -0.134. The predicted molar refractivity (Wildman–Crippen MR) is 89.6 cm³/mol. The Labute approximate surface area is 133 Å². The van der Waals surface area contributed by atoms with Gasteiger partial charge in [0.2, 0.25) is 5.91 Å². The van der Waals surface area contributed by atoms with Gasteiger partial charge in [0.1, 0.15) is 0 Å². The number of piperidine rings is 1. The van der Waals surface area contributed by atoms with Gasteiger partial charge in [-0.25, -0.2) is 0 Å². The van der Waals surface area contributed by atoms with Crippen LogP contribution in [-0.4, -0.2) is 16.3 Å². The third-order valence-electron chi connectivity index (χ3n) is 6.05. The Hall–Kier alpha value is -1.61. The lowest BCUT2D eigenvalue weighted by Crippen LogP contribution is -2.57. The van der Waals surface area contributed by atoms with E-state index >= 15 is 0 Å². The first-order valence-electron chi connectivity index (χ1n) is 8.08. The van der Waals surface area contributed by atoms with Crippen LogP contribution in [-0.2, 0) is 17.9 Å². The van der Waals surface area contributed by atoms with Crippen LogP contribution >= 0.6 is 0 Å². The Morgan fingerprint density at radius 1 is 1.00 bits per heavy atom. The maximum atomic E-state index is 12.6. The molecule has 1 saturated heterocycles. The van der Waals surface area contributed by atoms with Crippen LogP contribution in [0.25, 0.3) is 0 Å². The number of fused-ring (bicyclic) bond motifs is 1. The fourth-order valence-electron chi connectivity index (χ4n) is 3.85. The number of nitrogens with one attached hydrogen (secondary N) is 1. The third kappa shape index (κ3) is 2.03. The maximum Gasteiger partial charge on any atom is 0.244 e. The molecule has 2 aliphatic heterocycles. The molecule has 2 aliphatic rings. The van der Waals surface area contributed by atoms with Gasteiger partial charge >= 0.3 is 0 Å². The van der Waals surface area contributed by atoms with Gasteiger partial charge in [-0.2, -0.15) is 0 Å². The van der Waals surface area contributed by atoms with Crippen LogP contribution in [0.2, 0.25) is 0 Å². The molecule has 0 aliphatic carbocycles. The highest BCUT2D eigenvalue weighted by atomic mass is 16.2. The number of amides is 1. The van der Waals surface area contributed by atoms with Gasteiger partial charge in [0, 0.05) is 18.8 Å². The first-order valence-corrected chi connectivity index (χ1v) is 8.08. The van der Waals surface area contributed by atoms with Gasteiger partial charge in [0.15, 0.2) is 0 Å². The summed E-state index contributed by atoms with van der Waals surface area (Å²) in [6, 6.07) is 0. The minimum Gasteiger partial charge on any atom is -0.329 e. The largest absolute Gasteiger partial charge is 0.329 e. The van der Waals surface area contributed by atoms with E-state index in [2.05, 4.69) is 51.4 Å². The number of allylic oxidation sites excluding steroid dienone is 1. The van der Waals surface area contributed by atoms with Crippen molar-refractivity contribution in [3.05, 3.63) is 45.7 Å². The molecular formula is C19H26N2O. The number of nitrogens with zero attached hydrogens (tertiary/aromatic N) is 1. The first-order chi connectivity index (χ1) is 10.3. The van der Waals surface area contributed by atoms with Gasteiger partial charge in [-0.15, -0.1) is 0 Å². The van der Waals surface area contributed by atoms with E-state index in [1.165, 1.54) is 33.4 Å². The Bertz CT molecular complexity index is 652. The van der Waals surface area contributed by atoms with Crippen LogP contribution in [0.1, 0.15) is 53.1 Å². The van der Waals surface area contributed by atoms with Crippen LogP contribution in [0.4, 0.5) is 0 Å². The Balaban J connectivity index is 1.98. The fourth-order valence-corrected chi connectivity index (χ4v) is 3.85. The average molecular weight is 298 g/mol. The second-order valence-corrected chi connectivity index (χ2v) is 7.14. The maximum absolute atomic E-state index is 12.6. The molecule has 22 heavy (non-hydrogen) atoms. The molecule has 1 atom stereocenters. The van der Waals surface area contributed by atoms with Gasteiger partial charge in [-0.05, 0) is 80.8 Å². The lowest BCUT2D eigenvalue weighted by Gasteiger charge is -2.40. The molecule has 1 aromatic carbocycles. The molecule has 1 amide bonds. The quantitative estimate of drug-likeness (QED) is 0.861. The van der Waals surface area contributed by atoms with Gasteiger partial charge in [-0.1, -0.05) is 6.58 Å². The van der Waals surface area contributed by atoms with Crippen molar-refractivity contribution in [1.82, 2.24) is 10.2 Å². The van der Waals surface area contributed by atoms with Crippen molar-refractivity contribution in [2.24, 2.45) is 0 Å². The Morgan fingerprint density at radius 3 is 1.95 bits per heavy atom. The second-order valence-electron chi connectivity index (χ2n) is 7.14. The average Bonchev–Trinajstić information content (AvgIpc) is 2.93. The van der Waals surface area contributed by atoms with Crippen LogP contribution in [0.3, 0.4) is 0 Å². The summed E-state index contributed by atoms with van der Waals surface area (Å²) in [7, 11) is 0. The summed E-state index contributed by atoms with van der Waals surface area (Å²) < 4.78 is 0. The minimum absolute atomic E-state index is 0.0975. The molecule has 0 radical (unpaired) electrons. The first kappa shape index (κ1) is 15.3. The molecule has 1 N–H and O–H groups in total. The standard InChI is InChI=1S/C19H26N2O/c1-11-7-8-19(6,18(22)20-11)21-9-16-14(4)12(2)13(3)15(5)17(16)10-21/h1,7-10H2,2-6H3,(H,20,22).